The minimum absolute atomic E-state index is 0.0421. The van der Waals surface area contributed by atoms with Crippen molar-refractivity contribution < 1.29 is 9.53 Å². The number of amides is 1. The van der Waals surface area contributed by atoms with E-state index in [2.05, 4.69) is 27.9 Å². The van der Waals surface area contributed by atoms with Crippen molar-refractivity contribution in [2.45, 2.75) is 32.4 Å². The predicted octanol–water partition coefficient (Wildman–Crippen LogP) is 3.73. The van der Waals surface area contributed by atoms with Crippen LogP contribution in [-0.2, 0) is 11.3 Å². The Morgan fingerprint density at radius 2 is 2.15 bits per heavy atom. The number of hydrogen-bond acceptors (Lipinski definition) is 7. The van der Waals surface area contributed by atoms with Gasteiger partial charge in [-0.1, -0.05) is 5.21 Å². The lowest BCUT2D eigenvalue weighted by molar-refractivity contribution is 0.0972. The van der Waals surface area contributed by atoms with Gasteiger partial charge in [0.15, 0.2) is 0 Å². The number of nitrogens with zero attached hydrogens (tertiary/aromatic N) is 5. The average Bonchev–Trinajstić information content (AvgIpc) is 3.48. The van der Waals surface area contributed by atoms with Crippen molar-refractivity contribution in [3.63, 3.8) is 0 Å². The Hall–Kier alpha value is -3.14. The molecule has 1 fully saturated rings. The Balaban J connectivity index is 1.50. The molecule has 1 aromatic carbocycles. The van der Waals surface area contributed by atoms with Crippen LogP contribution in [0.3, 0.4) is 0 Å². The van der Waals surface area contributed by atoms with Gasteiger partial charge in [0.05, 0.1) is 24.5 Å². The normalized spacial score (nSPS) is 16.2. The molecule has 0 bridgehead atoms. The first-order valence-electron chi connectivity index (χ1n) is 11.0. The number of hydrogen-bond donors (Lipinski definition) is 1. The molecule has 4 heterocycles. The Kier molecular flexibility index (Phi) is 6.17. The SMILES string of the molecule is COCc1cn(-c2ccc(C(=O)N(c3nccc4scc(C)c34)[C@@H]3CCCNC3)cc2)nn1. The molecule has 1 aliphatic rings. The van der Waals surface area contributed by atoms with E-state index < -0.39 is 0 Å². The first kappa shape index (κ1) is 21.7. The molecule has 8 nitrogen and oxygen atoms in total. The number of nitrogens with one attached hydrogen (secondary N) is 1. The molecule has 170 valence electrons. The molecule has 0 spiro atoms. The van der Waals surface area contributed by atoms with Crippen molar-refractivity contribution in [3.05, 3.63) is 64.9 Å². The summed E-state index contributed by atoms with van der Waals surface area (Å²) in [5.74, 6) is 0.703. The maximum Gasteiger partial charge on any atom is 0.259 e. The summed E-state index contributed by atoms with van der Waals surface area (Å²) in [5.41, 5.74) is 3.35. The van der Waals surface area contributed by atoms with E-state index in [4.69, 9.17) is 9.72 Å². The number of anilines is 1. The standard InChI is InChI=1S/C24H26N6O2S/c1-16-15-33-21-9-11-26-23(22(16)21)30(20-4-3-10-25-12-20)24(31)17-5-7-19(8-6-17)29-13-18(14-32-2)27-28-29/h5-9,11,13,15,20,25H,3-4,10,12,14H2,1-2H3/t20-/m1/s1. The van der Waals surface area contributed by atoms with Crippen LogP contribution in [0.25, 0.3) is 15.8 Å². The van der Waals surface area contributed by atoms with Crippen LogP contribution in [0.2, 0.25) is 0 Å². The lowest BCUT2D eigenvalue weighted by Crippen LogP contribution is -2.49. The monoisotopic (exact) mass is 462 g/mol. The van der Waals surface area contributed by atoms with Gasteiger partial charge in [0.25, 0.3) is 5.91 Å². The number of piperidine rings is 1. The van der Waals surface area contributed by atoms with E-state index in [-0.39, 0.29) is 11.9 Å². The number of ether oxygens (including phenoxy) is 1. The van der Waals surface area contributed by atoms with Crippen molar-refractivity contribution >= 4 is 33.1 Å². The molecule has 0 saturated carbocycles. The first-order chi connectivity index (χ1) is 16.2. The number of aryl methyl sites for hydroxylation is 1. The molecular formula is C24H26N6O2S. The van der Waals surface area contributed by atoms with E-state index in [9.17, 15) is 4.79 Å². The van der Waals surface area contributed by atoms with Crippen molar-refractivity contribution in [2.75, 3.05) is 25.1 Å². The molecule has 0 radical (unpaired) electrons. The maximum atomic E-state index is 13.9. The minimum atomic E-state index is -0.0421. The van der Waals surface area contributed by atoms with Crippen LogP contribution >= 0.6 is 11.3 Å². The fraction of sp³-hybridized carbons (Fsp3) is 0.333. The molecule has 3 aromatic heterocycles. The number of rotatable bonds is 6. The lowest BCUT2D eigenvalue weighted by atomic mass is 10.0. The van der Waals surface area contributed by atoms with Gasteiger partial charge in [-0.15, -0.1) is 16.4 Å². The molecule has 0 unspecified atom stereocenters. The molecule has 4 aromatic rings. The Morgan fingerprint density at radius 1 is 1.30 bits per heavy atom. The molecule has 9 heteroatoms. The van der Waals surface area contributed by atoms with Gasteiger partial charge >= 0.3 is 0 Å². The van der Waals surface area contributed by atoms with Crippen molar-refractivity contribution in [3.8, 4) is 5.69 Å². The van der Waals surface area contributed by atoms with Gasteiger partial charge in [0.2, 0.25) is 0 Å². The largest absolute Gasteiger partial charge is 0.378 e. The van der Waals surface area contributed by atoms with Gasteiger partial charge in [-0.2, -0.15) is 0 Å². The summed E-state index contributed by atoms with van der Waals surface area (Å²) in [6, 6.07) is 9.54. The van der Waals surface area contributed by atoms with Crippen LogP contribution in [0.1, 0.15) is 34.5 Å². The van der Waals surface area contributed by atoms with Crippen LogP contribution < -0.4 is 10.2 Å². The van der Waals surface area contributed by atoms with Crippen molar-refractivity contribution in [1.29, 1.82) is 0 Å². The molecule has 1 aliphatic heterocycles. The highest BCUT2D eigenvalue weighted by Gasteiger charge is 2.30. The average molecular weight is 463 g/mol. The summed E-state index contributed by atoms with van der Waals surface area (Å²) >= 11 is 1.69. The van der Waals surface area contributed by atoms with E-state index in [0.29, 0.717) is 12.2 Å². The van der Waals surface area contributed by atoms with Crippen LogP contribution in [0.5, 0.6) is 0 Å². The van der Waals surface area contributed by atoms with E-state index in [1.807, 2.05) is 41.4 Å². The lowest BCUT2D eigenvalue weighted by Gasteiger charge is -2.34. The van der Waals surface area contributed by atoms with Gasteiger partial charge in [-0.3, -0.25) is 9.69 Å². The zero-order valence-corrected chi connectivity index (χ0v) is 19.5. The van der Waals surface area contributed by atoms with Crippen molar-refractivity contribution in [2.24, 2.45) is 0 Å². The topological polar surface area (TPSA) is 85.2 Å². The van der Waals surface area contributed by atoms with Gasteiger partial charge in [0.1, 0.15) is 11.5 Å². The summed E-state index contributed by atoms with van der Waals surface area (Å²) in [6.07, 6.45) is 5.60. The van der Waals surface area contributed by atoms with E-state index in [0.717, 1.165) is 58.8 Å². The molecule has 33 heavy (non-hydrogen) atoms. The predicted molar refractivity (Wildman–Crippen MR) is 129 cm³/mol. The smallest absolute Gasteiger partial charge is 0.259 e. The molecule has 1 atom stereocenters. The maximum absolute atomic E-state index is 13.9. The zero-order valence-electron chi connectivity index (χ0n) is 18.7. The number of fused-ring (bicyclic) bond motifs is 1. The van der Waals surface area contributed by atoms with Crippen LogP contribution in [0, 0.1) is 6.92 Å². The number of aromatic nitrogens is 4. The quantitative estimate of drug-likeness (QED) is 0.470. The third kappa shape index (κ3) is 4.27. The highest BCUT2D eigenvalue weighted by Crippen LogP contribution is 2.34. The highest BCUT2D eigenvalue weighted by molar-refractivity contribution is 7.17. The second-order valence-electron chi connectivity index (χ2n) is 8.24. The molecule has 1 N–H and O–H groups in total. The molecular weight excluding hydrogens is 436 g/mol. The molecule has 1 amide bonds. The van der Waals surface area contributed by atoms with Crippen LogP contribution in [-0.4, -0.2) is 52.1 Å². The van der Waals surface area contributed by atoms with E-state index >= 15 is 0 Å². The molecule has 5 rings (SSSR count). The van der Waals surface area contributed by atoms with Crippen LogP contribution in [0.4, 0.5) is 5.82 Å². The highest BCUT2D eigenvalue weighted by atomic mass is 32.1. The van der Waals surface area contributed by atoms with Gasteiger partial charge in [0, 0.05) is 35.5 Å². The first-order valence-corrected chi connectivity index (χ1v) is 11.9. The fourth-order valence-electron chi connectivity index (χ4n) is 4.32. The second kappa shape index (κ2) is 9.38. The molecule has 1 saturated heterocycles. The van der Waals surface area contributed by atoms with Crippen LogP contribution in [0.15, 0.2) is 48.1 Å². The Morgan fingerprint density at radius 3 is 2.91 bits per heavy atom. The summed E-state index contributed by atoms with van der Waals surface area (Å²) < 4.78 is 7.94. The number of thiophene rings is 1. The van der Waals surface area contributed by atoms with E-state index in [1.54, 1.807) is 29.3 Å². The number of methoxy groups -OCH3 is 1. The number of benzene rings is 1. The number of pyridine rings is 1. The zero-order chi connectivity index (χ0) is 22.8. The fourth-order valence-corrected chi connectivity index (χ4v) is 5.25. The van der Waals surface area contributed by atoms with Gasteiger partial charge in [-0.05, 0) is 67.6 Å². The third-order valence-corrected chi connectivity index (χ3v) is 7.01. The number of carbonyl (C=O) groups excluding carboxylic acids is 1. The minimum Gasteiger partial charge on any atom is -0.378 e. The van der Waals surface area contributed by atoms with Gasteiger partial charge in [-0.25, -0.2) is 9.67 Å². The summed E-state index contributed by atoms with van der Waals surface area (Å²) in [6.45, 7) is 4.22. The molecule has 0 aliphatic carbocycles. The number of carbonyl (C=O) groups is 1. The summed E-state index contributed by atoms with van der Waals surface area (Å²) in [4.78, 5) is 20.5. The summed E-state index contributed by atoms with van der Waals surface area (Å²) in [5, 5.41) is 14.9. The van der Waals surface area contributed by atoms with E-state index in [1.165, 1.54) is 0 Å². The Labute approximate surface area is 196 Å². The Bertz CT molecular complexity index is 1260. The summed E-state index contributed by atoms with van der Waals surface area (Å²) in [7, 11) is 1.62. The van der Waals surface area contributed by atoms with Crippen molar-refractivity contribution in [1.82, 2.24) is 25.3 Å². The second-order valence-corrected chi connectivity index (χ2v) is 9.15. The van der Waals surface area contributed by atoms with Gasteiger partial charge < -0.3 is 10.1 Å². The third-order valence-electron chi connectivity index (χ3n) is 5.94.